The van der Waals surface area contributed by atoms with Crippen LogP contribution in [0.15, 0.2) is 24.3 Å². The number of fused-ring (bicyclic) bond motifs is 1. The summed E-state index contributed by atoms with van der Waals surface area (Å²) in [7, 11) is 0. The molecule has 2 saturated heterocycles. The molecule has 1 aromatic rings. The Balaban J connectivity index is 1.55. The van der Waals surface area contributed by atoms with Crippen molar-refractivity contribution >= 4 is 17.8 Å². The highest BCUT2D eigenvalue weighted by atomic mass is 19.4. The summed E-state index contributed by atoms with van der Waals surface area (Å²) < 4.78 is 42.8. The number of nitrogens with one attached hydrogen (secondary N) is 1. The number of benzene rings is 1. The van der Waals surface area contributed by atoms with Gasteiger partial charge in [0.15, 0.2) is 0 Å². The Morgan fingerprint density at radius 3 is 2.30 bits per heavy atom. The lowest BCUT2D eigenvalue weighted by Crippen LogP contribution is -2.57. The van der Waals surface area contributed by atoms with Crippen molar-refractivity contribution in [2.45, 2.75) is 94.6 Å². The van der Waals surface area contributed by atoms with Gasteiger partial charge in [0.05, 0.1) is 11.8 Å². The number of carboxylic acids is 1. The molecule has 0 aromatic heterocycles. The number of aliphatic carboxylic acids is 1. The number of carboxylic acid groups (broad SMARTS) is 1. The van der Waals surface area contributed by atoms with Crippen molar-refractivity contribution in [3.8, 4) is 5.75 Å². The second-order valence-corrected chi connectivity index (χ2v) is 11.1. The fraction of sp³-hybridized carbons (Fsp3) is 0.667. The summed E-state index contributed by atoms with van der Waals surface area (Å²) in [6, 6.07) is 4.09. The fourth-order valence-electron chi connectivity index (χ4n) is 7.23. The number of alkyl halides is 3. The molecule has 4 aliphatic rings. The van der Waals surface area contributed by atoms with Gasteiger partial charge in [-0.2, -0.15) is 0 Å². The Morgan fingerprint density at radius 2 is 1.68 bits per heavy atom. The van der Waals surface area contributed by atoms with Crippen LogP contribution in [0.25, 0.3) is 0 Å². The molecule has 2 saturated carbocycles. The van der Waals surface area contributed by atoms with Crippen LogP contribution in [0.1, 0.15) is 82.2 Å². The molecule has 4 fully saturated rings. The molecule has 4 atom stereocenters. The largest absolute Gasteiger partial charge is 0.573 e. The Bertz CT molecular complexity index is 1050. The standard InChI is InChI=1S/C27H33F3N2O5/c28-27(29,30)37-19-13-7-10-17(14-19)22-20-21(24(34)32(23(20)33)18-11-5-2-6-12-18)26(31-22,25(35)36)15-16-8-3-1-4-9-16/h7,10,13-14,16,18,20-22,31H,1-6,8-9,11-12,15H2,(H,35,36). The Labute approximate surface area is 213 Å². The van der Waals surface area contributed by atoms with Crippen molar-refractivity contribution in [1.29, 1.82) is 0 Å². The third-order valence-electron chi connectivity index (χ3n) is 8.80. The van der Waals surface area contributed by atoms with E-state index in [1.165, 1.54) is 17.0 Å². The average Bonchev–Trinajstić information content (AvgIpc) is 3.33. The topological polar surface area (TPSA) is 95.9 Å². The van der Waals surface area contributed by atoms with Crippen LogP contribution in [0.4, 0.5) is 13.2 Å². The van der Waals surface area contributed by atoms with E-state index in [4.69, 9.17) is 0 Å². The van der Waals surface area contributed by atoms with Crippen LogP contribution in [0.5, 0.6) is 5.75 Å². The summed E-state index contributed by atoms with van der Waals surface area (Å²) in [4.78, 5) is 42.1. The Morgan fingerprint density at radius 1 is 1.03 bits per heavy atom. The van der Waals surface area contributed by atoms with Crippen molar-refractivity contribution in [1.82, 2.24) is 10.2 Å². The van der Waals surface area contributed by atoms with Crippen LogP contribution < -0.4 is 10.1 Å². The Kier molecular flexibility index (Phi) is 6.98. The molecular formula is C27H33F3N2O5. The number of halogens is 3. The van der Waals surface area contributed by atoms with E-state index < -0.39 is 53.3 Å². The summed E-state index contributed by atoms with van der Waals surface area (Å²) in [6.07, 6.45) is 4.23. The number of likely N-dealkylation sites (tertiary alicyclic amines) is 1. The number of hydrogen-bond acceptors (Lipinski definition) is 5. The molecule has 0 radical (unpaired) electrons. The van der Waals surface area contributed by atoms with Crippen molar-refractivity contribution in [3.05, 3.63) is 29.8 Å². The first-order valence-corrected chi connectivity index (χ1v) is 13.3. The predicted octanol–water partition coefficient (Wildman–Crippen LogP) is 4.96. The van der Waals surface area contributed by atoms with Gasteiger partial charge in [0, 0.05) is 12.1 Å². The lowest BCUT2D eigenvalue weighted by molar-refractivity contribution is -0.274. The molecule has 7 nitrogen and oxygen atoms in total. The molecule has 2 amide bonds. The predicted molar refractivity (Wildman–Crippen MR) is 126 cm³/mol. The third-order valence-corrected chi connectivity index (χ3v) is 8.80. The number of ether oxygens (including phenoxy) is 1. The molecule has 10 heteroatoms. The SMILES string of the molecule is O=C1C2C(c3cccc(OC(F)(F)F)c3)NC(CC3CCCCC3)(C(=O)O)C2C(=O)N1C1CCCCC1. The first-order chi connectivity index (χ1) is 17.6. The van der Waals surface area contributed by atoms with Crippen molar-refractivity contribution in [2.75, 3.05) is 0 Å². The molecule has 4 unspecified atom stereocenters. The minimum absolute atomic E-state index is 0.0864. The van der Waals surface area contributed by atoms with Crippen LogP contribution >= 0.6 is 0 Å². The molecule has 0 spiro atoms. The van der Waals surface area contributed by atoms with Crippen molar-refractivity contribution < 1.29 is 37.4 Å². The number of hydrogen-bond donors (Lipinski definition) is 2. The van der Waals surface area contributed by atoms with Gasteiger partial charge >= 0.3 is 12.3 Å². The van der Waals surface area contributed by atoms with Gasteiger partial charge in [-0.3, -0.25) is 24.6 Å². The number of rotatable bonds is 6. The number of carbonyl (C=O) groups excluding carboxylic acids is 2. The monoisotopic (exact) mass is 522 g/mol. The van der Waals surface area contributed by atoms with Crippen molar-refractivity contribution in [2.24, 2.45) is 17.8 Å². The van der Waals surface area contributed by atoms with Crippen LogP contribution in [0.2, 0.25) is 0 Å². The van der Waals surface area contributed by atoms with Gasteiger partial charge in [-0.25, -0.2) is 0 Å². The van der Waals surface area contributed by atoms with E-state index in [0.29, 0.717) is 18.4 Å². The number of nitrogens with zero attached hydrogens (tertiary/aromatic N) is 1. The van der Waals surface area contributed by atoms with E-state index in [1.807, 2.05) is 0 Å². The fourth-order valence-corrected chi connectivity index (χ4v) is 7.23. The summed E-state index contributed by atoms with van der Waals surface area (Å²) in [5.74, 6) is -4.56. The van der Waals surface area contributed by atoms with E-state index in [0.717, 1.165) is 57.4 Å². The summed E-state index contributed by atoms with van der Waals surface area (Å²) in [5.41, 5.74) is -1.37. The Hall–Kier alpha value is -2.62. The zero-order chi connectivity index (χ0) is 26.4. The van der Waals surface area contributed by atoms with Gasteiger partial charge in [0.25, 0.3) is 0 Å². The lowest BCUT2D eigenvalue weighted by atomic mass is 9.72. The second-order valence-electron chi connectivity index (χ2n) is 11.1. The van der Waals surface area contributed by atoms with Crippen LogP contribution in [-0.2, 0) is 14.4 Å². The molecule has 0 bridgehead atoms. The van der Waals surface area contributed by atoms with Gasteiger partial charge in [0.1, 0.15) is 11.3 Å². The van der Waals surface area contributed by atoms with Gasteiger partial charge in [-0.05, 0) is 42.9 Å². The van der Waals surface area contributed by atoms with Crippen LogP contribution in [0.3, 0.4) is 0 Å². The highest BCUT2D eigenvalue weighted by Gasteiger charge is 2.69. The molecular weight excluding hydrogens is 489 g/mol. The molecule has 1 aromatic carbocycles. The van der Waals surface area contributed by atoms with Crippen molar-refractivity contribution in [3.63, 3.8) is 0 Å². The average molecular weight is 523 g/mol. The third kappa shape index (κ3) is 4.84. The van der Waals surface area contributed by atoms with Crippen LogP contribution in [0, 0.1) is 17.8 Å². The first kappa shape index (κ1) is 26.0. The van der Waals surface area contributed by atoms with Crippen LogP contribution in [-0.4, -0.2) is 45.7 Å². The first-order valence-electron chi connectivity index (χ1n) is 13.3. The zero-order valence-corrected chi connectivity index (χ0v) is 20.6. The van der Waals surface area contributed by atoms with E-state index >= 15 is 0 Å². The molecule has 2 N–H and O–H groups in total. The number of carbonyl (C=O) groups is 3. The van der Waals surface area contributed by atoms with E-state index in [9.17, 15) is 32.7 Å². The zero-order valence-electron chi connectivity index (χ0n) is 20.6. The molecule has 5 rings (SSSR count). The highest BCUT2D eigenvalue weighted by molar-refractivity contribution is 6.09. The molecule has 202 valence electrons. The maximum absolute atomic E-state index is 13.9. The molecule has 2 aliphatic carbocycles. The molecule has 2 aliphatic heterocycles. The van der Waals surface area contributed by atoms with Gasteiger partial charge in [-0.15, -0.1) is 13.2 Å². The van der Waals surface area contributed by atoms with E-state index in [1.54, 1.807) is 6.07 Å². The van der Waals surface area contributed by atoms with Gasteiger partial charge in [-0.1, -0.05) is 63.5 Å². The second kappa shape index (κ2) is 9.93. The van der Waals surface area contributed by atoms with E-state index in [2.05, 4.69) is 10.1 Å². The summed E-state index contributed by atoms with van der Waals surface area (Å²) in [6.45, 7) is 0. The van der Waals surface area contributed by atoms with E-state index in [-0.39, 0.29) is 18.4 Å². The summed E-state index contributed by atoms with van der Waals surface area (Å²) >= 11 is 0. The number of amides is 2. The minimum Gasteiger partial charge on any atom is -0.480 e. The highest BCUT2D eigenvalue weighted by Crippen LogP contribution is 2.53. The smallest absolute Gasteiger partial charge is 0.480 e. The van der Waals surface area contributed by atoms with Gasteiger partial charge < -0.3 is 9.84 Å². The summed E-state index contributed by atoms with van der Waals surface area (Å²) in [5, 5.41) is 13.7. The minimum atomic E-state index is -4.90. The maximum Gasteiger partial charge on any atom is 0.573 e. The molecule has 2 heterocycles. The maximum atomic E-state index is 13.9. The van der Waals surface area contributed by atoms with Gasteiger partial charge in [0.2, 0.25) is 11.8 Å². The quantitative estimate of drug-likeness (QED) is 0.513. The lowest BCUT2D eigenvalue weighted by Gasteiger charge is -2.37. The number of imide groups is 1. The normalized spacial score (nSPS) is 31.5. The molecule has 37 heavy (non-hydrogen) atoms.